The molecule has 1 heterocycles. The van der Waals surface area contributed by atoms with Gasteiger partial charge in [0.2, 0.25) is 5.78 Å². The minimum Gasteiger partial charge on any atom is -0.322 e. The molecule has 0 aliphatic heterocycles. The molecular formula is C29H34N4O2. The molecule has 4 rings (SSSR count). The van der Waals surface area contributed by atoms with Gasteiger partial charge in [-0.3, -0.25) is 9.59 Å². The van der Waals surface area contributed by atoms with E-state index in [1.165, 1.54) is 5.57 Å². The lowest BCUT2D eigenvalue weighted by molar-refractivity contribution is -0.113. The lowest BCUT2D eigenvalue weighted by atomic mass is 9.87. The summed E-state index contributed by atoms with van der Waals surface area (Å²) in [5.74, 6) is 0.587. The summed E-state index contributed by atoms with van der Waals surface area (Å²) >= 11 is 0. The number of aryl methyl sites for hydroxylation is 2. The largest absolute Gasteiger partial charge is 0.322 e. The monoisotopic (exact) mass is 470 g/mol. The van der Waals surface area contributed by atoms with Gasteiger partial charge < -0.3 is 10.7 Å². The topological polar surface area (TPSA) is 95.8 Å². The number of ketones is 1. The summed E-state index contributed by atoms with van der Waals surface area (Å²) in [6.07, 6.45) is 14.1. The Labute approximate surface area is 207 Å². The first-order valence-corrected chi connectivity index (χ1v) is 12.6. The molecule has 6 heteroatoms. The molecule has 6 nitrogen and oxygen atoms in total. The molecule has 1 aromatic heterocycles. The van der Waals surface area contributed by atoms with Gasteiger partial charge in [-0.2, -0.15) is 0 Å². The van der Waals surface area contributed by atoms with Gasteiger partial charge in [-0.05, 0) is 80.9 Å². The number of rotatable bonds is 11. The molecule has 1 fully saturated rings. The maximum absolute atomic E-state index is 13.3. The molecule has 3 atom stereocenters. The van der Waals surface area contributed by atoms with E-state index in [1.54, 1.807) is 18.5 Å². The molecule has 2 aliphatic carbocycles. The van der Waals surface area contributed by atoms with Crippen LogP contribution in [0.4, 0.5) is 5.69 Å². The van der Waals surface area contributed by atoms with Crippen molar-refractivity contribution in [1.29, 1.82) is 5.41 Å². The van der Waals surface area contributed by atoms with Crippen LogP contribution in [0.5, 0.6) is 0 Å². The number of nitrogens with one attached hydrogen (secondary N) is 2. The Balaban J connectivity index is 1.57. The number of Topliss-reactive ketones (excluding diaryl/α,β-unsaturated/α-hetero) is 1. The Kier molecular flexibility index (Phi) is 7.69. The summed E-state index contributed by atoms with van der Waals surface area (Å²) in [5, 5.41) is 10.5. The number of hydrogen-bond acceptors (Lipinski definition) is 5. The third-order valence-electron chi connectivity index (χ3n) is 7.33. The predicted octanol–water partition coefficient (Wildman–Crippen LogP) is 5.98. The molecule has 182 valence electrons. The van der Waals surface area contributed by atoms with E-state index in [0.29, 0.717) is 23.1 Å². The van der Waals surface area contributed by atoms with E-state index in [9.17, 15) is 9.59 Å². The molecule has 35 heavy (non-hydrogen) atoms. The number of benzene rings is 1. The second-order valence-electron chi connectivity index (χ2n) is 9.78. The number of aromatic nitrogens is 2. The molecule has 1 aromatic carbocycles. The summed E-state index contributed by atoms with van der Waals surface area (Å²) < 4.78 is 0. The summed E-state index contributed by atoms with van der Waals surface area (Å²) in [4.78, 5) is 34.0. The number of anilines is 1. The average molecular weight is 471 g/mol. The highest BCUT2D eigenvalue weighted by atomic mass is 16.1. The van der Waals surface area contributed by atoms with E-state index in [-0.39, 0.29) is 17.6 Å². The Hall–Kier alpha value is -3.41. The van der Waals surface area contributed by atoms with E-state index in [0.717, 1.165) is 67.1 Å². The lowest BCUT2D eigenvalue weighted by Crippen LogP contribution is -2.19. The van der Waals surface area contributed by atoms with Crippen LogP contribution in [0, 0.1) is 24.2 Å². The zero-order chi connectivity index (χ0) is 24.9. The first-order valence-electron chi connectivity index (χ1n) is 12.6. The smallest absolute Gasteiger partial charge is 0.251 e. The van der Waals surface area contributed by atoms with Crippen molar-refractivity contribution in [1.82, 2.24) is 9.97 Å². The number of carbonyl (C=O) groups is 2. The highest BCUT2D eigenvalue weighted by Gasteiger charge is 2.44. The van der Waals surface area contributed by atoms with Gasteiger partial charge in [-0.1, -0.05) is 43.2 Å². The Morgan fingerprint density at radius 1 is 1.20 bits per heavy atom. The van der Waals surface area contributed by atoms with Crippen molar-refractivity contribution in [2.75, 3.05) is 5.32 Å². The number of carbonyl (C=O) groups excluding carboxylic acids is 2. The number of amides is 1. The first kappa shape index (κ1) is 24.7. The fourth-order valence-corrected chi connectivity index (χ4v) is 5.21. The van der Waals surface area contributed by atoms with Crippen molar-refractivity contribution in [3.63, 3.8) is 0 Å². The number of allylic oxidation sites excluding steroid dienone is 3. The molecule has 2 aliphatic rings. The van der Waals surface area contributed by atoms with Crippen molar-refractivity contribution in [2.45, 2.75) is 65.2 Å². The fraction of sp³-hybridized carbons (Fsp3) is 0.414. The van der Waals surface area contributed by atoms with Crippen LogP contribution in [-0.4, -0.2) is 27.9 Å². The van der Waals surface area contributed by atoms with E-state index >= 15 is 0 Å². The normalized spacial score (nSPS) is 19.2. The van der Waals surface area contributed by atoms with Gasteiger partial charge in [0.1, 0.15) is 6.33 Å². The van der Waals surface area contributed by atoms with Crippen LogP contribution in [0.25, 0.3) is 0 Å². The van der Waals surface area contributed by atoms with Crippen LogP contribution < -0.4 is 5.32 Å². The SMILES string of the molecule is CCCC(CCCc1ncncc1C)c1ccc(C(=O)C=N)cc1NC(=O)C1=CC=C(C)C2CC12. The second-order valence-corrected chi connectivity index (χ2v) is 9.78. The molecule has 3 unspecified atom stereocenters. The third kappa shape index (κ3) is 5.64. The lowest BCUT2D eigenvalue weighted by Gasteiger charge is -2.22. The standard InChI is InChI=1S/C29H34N4O2/c1-4-6-20(7-5-8-26-19(3)16-31-17-32-26)22-12-10-21(28(34)15-30)13-27(22)33-29(35)23-11-9-18(2)24-14-25(23)24/h9-13,15-17,20,24-25,30H,4-8,14H2,1-3H3,(H,33,35). The van der Waals surface area contributed by atoms with Crippen LogP contribution in [0.3, 0.4) is 0 Å². The highest BCUT2D eigenvalue weighted by Crippen LogP contribution is 2.51. The van der Waals surface area contributed by atoms with Gasteiger partial charge in [0.05, 0.1) is 6.21 Å². The van der Waals surface area contributed by atoms with Crippen molar-refractivity contribution in [3.05, 3.63) is 76.4 Å². The van der Waals surface area contributed by atoms with Crippen LogP contribution in [0.2, 0.25) is 0 Å². The summed E-state index contributed by atoms with van der Waals surface area (Å²) in [6, 6.07) is 5.48. The van der Waals surface area contributed by atoms with E-state index < -0.39 is 0 Å². The molecule has 0 radical (unpaired) electrons. The van der Waals surface area contributed by atoms with Crippen LogP contribution in [0.15, 0.2) is 54.0 Å². The van der Waals surface area contributed by atoms with E-state index in [2.05, 4.69) is 29.1 Å². The average Bonchev–Trinajstić information content (AvgIpc) is 3.66. The van der Waals surface area contributed by atoms with Crippen LogP contribution in [0.1, 0.15) is 79.0 Å². The molecule has 1 amide bonds. The number of hydrogen-bond donors (Lipinski definition) is 2. The Morgan fingerprint density at radius 3 is 2.77 bits per heavy atom. The molecule has 0 bridgehead atoms. The zero-order valence-corrected chi connectivity index (χ0v) is 20.8. The Morgan fingerprint density at radius 2 is 2.03 bits per heavy atom. The summed E-state index contributed by atoms with van der Waals surface area (Å²) in [6.45, 7) is 6.33. The maximum atomic E-state index is 13.3. The molecule has 0 spiro atoms. The van der Waals surface area contributed by atoms with Crippen molar-refractivity contribution in [2.24, 2.45) is 11.8 Å². The minimum atomic E-state index is -0.365. The molecular weight excluding hydrogens is 436 g/mol. The van der Waals surface area contributed by atoms with E-state index in [4.69, 9.17) is 5.41 Å². The molecule has 2 N–H and O–H groups in total. The van der Waals surface area contributed by atoms with Gasteiger partial charge in [0, 0.05) is 28.7 Å². The molecule has 0 saturated heterocycles. The van der Waals surface area contributed by atoms with Gasteiger partial charge in [0.25, 0.3) is 5.91 Å². The zero-order valence-electron chi connectivity index (χ0n) is 20.8. The van der Waals surface area contributed by atoms with E-state index in [1.807, 2.05) is 31.3 Å². The third-order valence-corrected chi connectivity index (χ3v) is 7.33. The number of fused-ring (bicyclic) bond motifs is 1. The summed E-state index contributed by atoms with van der Waals surface area (Å²) in [7, 11) is 0. The maximum Gasteiger partial charge on any atom is 0.251 e. The number of nitrogens with zero attached hydrogens (tertiary/aromatic N) is 2. The van der Waals surface area contributed by atoms with Crippen molar-refractivity contribution >= 4 is 23.6 Å². The van der Waals surface area contributed by atoms with Gasteiger partial charge in [-0.15, -0.1) is 0 Å². The van der Waals surface area contributed by atoms with Crippen LogP contribution in [-0.2, 0) is 11.2 Å². The second kappa shape index (κ2) is 10.9. The van der Waals surface area contributed by atoms with Gasteiger partial charge in [0.15, 0.2) is 0 Å². The molecule has 2 aromatic rings. The van der Waals surface area contributed by atoms with Gasteiger partial charge >= 0.3 is 0 Å². The van der Waals surface area contributed by atoms with Crippen molar-refractivity contribution < 1.29 is 9.59 Å². The van der Waals surface area contributed by atoms with Crippen LogP contribution >= 0.6 is 0 Å². The fourth-order valence-electron chi connectivity index (χ4n) is 5.21. The summed E-state index contributed by atoms with van der Waals surface area (Å²) in [5.41, 5.74) is 6.49. The van der Waals surface area contributed by atoms with Gasteiger partial charge in [-0.25, -0.2) is 9.97 Å². The highest BCUT2D eigenvalue weighted by molar-refractivity contribution is 6.34. The predicted molar refractivity (Wildman–Crippen MR) is 139 cm³/mol. The Bertz CT molecular complexity index is 1200. The quantitative estimate of drug-likeness (QED) is 0.312. The minimum absolute atomic E-state index is 0.0891. The van der Waals surface area contributed by atoms with Crippen molar-refractivity contribution in [3.8, 4) is 0 Å². The molecule has 1 saturated carbocycles. The first-order chi connectivity index (χ1) is 16.9.